The number of halogens is 1. The van der Waals surface area contributed by atoms with Crippen LogP contribution in [-0.4, -0.2) is 26.6 Å². The lowest BCUT2D eigenvalue weighted by Crippen LogP contribution is -2.34. The molecule has 0 amide bonds. The highest BCUT2D eigenvalue weighted by atomic mass is 35.5. The third-order valence-corrected chi connectivity index (χ3v) is 5.43. The number of aromatic amines is 1. The van der Waals surface area contributed by atoms with Crippen LogP contribution in [0, 0.1) is 0 Å². The molecule has 0 fully saturated rings. The first-order valence-corrected chi connectivity index (χ1v) is 9.77. The van der Waals surface area contributed by atoms with Gasteiger partial charge in [0.1, 0.15) is 5.75 Å². The number of ether oxygens (including phenoxy) is 1. The van der Waals surface area contributed by atoms with Gasteiger partial charge in [-0.2, -0.15) is 0 Å². The number of hydrogen-bond donors (Lipinski definition) is 1. The van der Waals surface area contributed by atoms with Crippen molar-refractivity contribution in [3.63, 3.8) is 0 Å². The summed E-state index contributed by atoms with van der Waals surface area (Å²) in [5.74, 6) is 0.561. The van der Waals surface area contributed by atoms with Crippen molar-refractivity contribution in [1.82, 2.24) is 19.5 Å². The van der Waals surface area contributed by atoms with Crippen molar-refractivity contribution in [3.8, 4) is 22.6 Å². The summed E-state index contributed by atoms with van der Waals surface area (Å²) in [5, 5.41) is 2.03. The summed E-state index contributed by atoms with van der Waals surface area (Å²) < 4.78 is 6.46. The van der Waals surface area contributed by atoms with Gasteiger partial charge in [0.05, 0.1) is 29.5 Å². The Morgan fingerprint density at radius 3 is 2.71 bits per heavy atom. The van der Waals surface area contributed by atoms with Crippen molar-refractivity contribution in [3.05, 3.63) is 93.0 Å². The van der Waals surface area contributed by atoms with Gasteiger partial charge >= 0.3 is 5.69 Å². The van der Waals surface area contributed by atoms with E-state index in [9.17, 15) is 9.59 Å². The van der Waals surface area contributed by atoms with Crippen LogP contribution in [0.4, 0.5) is 0 Å². The molecule has 5 aromatic rings. The minimum atomic E-state index is -0.583. The maximum absolute atomic E-state index is 13.2. The van der Waals surface area contributed by atoms with E-state index in [-0.39, 0.29) is 5.52 Å². The van der Waals surface area contributed by atoms with Crippen LogP contribution in [-0.2, 0) is 0 Å². The third kappa shape index (κ3) is 3.06. The number of nitrogens with one attached hydrogen (secondary N) is 1. The molecule has 0 radical (unpaired) electrons. The second kappa shape index (κ2) is 7.37. The van der Waals surface area contributed by atoms with E-state index in [1.54, 1.807) is 37.6 Å². The van der Waals surface area contributed by atoms with Gasteiger partial charge in [-0.1, -0.05) is 41.9 Å². The molecule has 3 heterocycles. The average Bonchev–Trinajstić information content (AvgIpc) is 2.78. The van der Waals surface area contributed by atoms with Gasteiger partial charge < -0.3 is 9.72 Å². The molecule has 0 unspecified atom stereocenters. The van der Waals surface area contributed by atoms with Crippen LogP contribution in [0.15, 0.2) is 76.7 Å². The van der Waals surface area contributed by atoms with Crippen LogP contribution >= 0.6 is 11.6 Å². The van der Waals surface area contributed by atoms with Gasteiger partial charge in [0.15, 0.2) is 5.52 Å². The van der Waals surface area contributed by atoms with Crippen LogP contribution in [0.2, 0.25) is 5.02 Å². The molecule has 0 aliphatic carbocycles. The molecular formula is C23H15ClN4O3. The topological polar surface area (TPSA) is 89.9 Å². The Balaban J connectivity index is 1.77. The molecule has 0 spiro atoms. The largest absolute Gasteiger partial charge is 0.496 e. The summed E-state index contributed by atoms with van der Waals surface area (Å²) in [6, 6.07) is 14.4. The Morgan fingerprint density at radius 1 is 1.03 bits per heavy atom. The second-order valence-corrected chi connectivity index (χ2v) is 7.29. The fraction of sp³-hybridized carbons (Fsp3) is 0.0435. The van der Waals surface area contributed by atoms with E-state index in [1.807, 2.05) is 24.3 Å². The summed E-state index contributed by atoms with van der Waals surface area (Å²) in [6.07, 6.45) is 4.71. The lowest BCUT2D eigenvalue weighted by Gasteiger charge is -2.12. The summed E-state index contributed by atoms with van der Waals surface area (Å²) in [7, 11) is 1.54. The molecule has 8 heteroatoms. The number of hydrogen-bond acceptors (Lipinski definition) is 5. The van der Waals surface area contributed by atoms with E-state index in [1.165, 1.54) is 12.4 Å². The van der Waals surface area contributed by atoms with Crippen molar-refractivity contribution in [1.29, 1.82) is 0 Å². The number of nitrogens with zero attached hydrogens (tertiary/aromatic N) is 3. The van der Waals surface area contributed by atoms with Crippen molar-refractivity contribution >= 4 is 33.4 Å². The lowest BCUT2D eigenvalue weighted by molar-refractivity contribution is 0.416. The summed E-state index contributed by atoms with van der Waals surface area (Å²) in [4.78, 5) is 37.4. The van der Waals surface area contributed by atoms with Gasteiger partial charge in [0.2, 0.25) is 0 Å². The Bertz CT molecular complexity index is 1580. The molecule has 0 bridgehead atoms. The van der Waals surface area contributed by atoms with Crippen LogP contribution in [0.25, 0.3) is 38.6 Å². The molecule has 1 N–H and O–H groups in total. The Labute approximate surface area is 180 Å². The molecule has 152 valence electrons. The van der Waals surface area contributed by atoms with Crippen molar-refractivity contribution in [2.75, 3.05) is 7.11 Å². The molecule has 0 aliphatic rings. The molecule has 0 saturated carbocycles. The van der Waals surface area contributed by atoms with Gasteiger partial charge in [-0.3, -0.25) is 9.78 Å². The van der Waals surface area contributed by atoms with Crippen LogP contribution in [0.3, 0.4) is 0 Å². The summed E-state index contributed by atoms with van der Waals surface area (Å²) in [6.45, 7) is 0. The molecule has 31 heavy (non-hydrogen) atoms. The number of aromatic nitrogens is 4. The van der Waals surface area contributed by atoms with Crippen molar-refractivity contribution in [2.24, 2.45) is 0 Å². The standard InChI is InChI=1S/C23H15ClN4O3/c1-31-19-8-4-7-16(24)20(19)14-9-17-21(26-11-14)22(29)28(23(30)27-17)18-12-25-10-13-5-2-3-6-15(13)18/h2-12H,1H3,(H,27,30). The Hall–Kier alpha value is -3.97. The Morgan fingerprint density at radius 2 is 1.87 bits per heavy atom. The van der Waals surface area contributed by atoms with E-state index in [2.05, 4.69) is 15.0 Å². The van der Waals surface area contributed by atoms with Gasteiger partial charge in [-0.05, 0) is 18.2 Å². The number of benzene rings is 2. The minimum absolute atomic E-state index is 0.127. The highest BCUT2D eigenvalue weighted by Gasteiger charge is 2.16. The van der Waals surface area contributed by atoms with Crippen molar-refractivity contribution < 1.29 is 4.74 Å². The van der Waals surface area contributed by atoms with Gasteiger partial charge in [-0.15, -0.1) is 0 Å². The first kappa shape index (κ1) is 19.0. The van der Waals surface area contributed by atoms with E-state index in [0.29, 0.717) is 33.1 Å². The maximum Gasteiger partial charge on any atom is 0.333 e. The third-order valence-electron chi connectivity index (χ3n) is 5.11. The highest BCUT2D eigenvalue weighted by molar-refractivity contribution is 6.33. The van der Waals surface area contributed by atoms with Gasteiger partial charge in [0.25, 0.3) is 5.56 Å². The molecule has 0 saturated heterocycles. The quantitative estimate of drug-likeness (QED) is 0.468. The predicted octanol–water partition coefficient (Wildman–Crippen LogP) is 3.95. The maximum atomic E-state index is 13.2. The summed E-state index contributed by atoms with van der Waals surface area (Å²) >= 11 is 6.36. The minimum Gasteiger partial charge on any atom is -0.496 e. The zero-order valence-electron chi connectivity index (χ0n) is 16.3. The molecule has 5 rings (SSSR count). The Kier molecular flexibility index (Phi) is 4.52. The molecule has 0 aliphatic heterocycles. The number of methoxy groups -OCH3 is 1. The first-order chi connectivity index (χ1) is 15.1. The predicted molar refractivity (Wildman–Crippen MR) is 120 cm³/mol. The summed E-state index contributed by atoms with van der Waals surface area (Å²) in [5.41, 5.74) is 0.959. The molecule has 3 aromatic heterocycles. The van der Waals surface area contributed by atoms with E-state index < -0.39 is 11.2 Å². The first-order valence-electron chi connectivity index (χ1n) is 9.39. The molecule has 2 aromatic carbocycles. The zero-order chi connectivity index (χ0) is 21.5. The fourth-order valence-corrected chi connectivity index (χ4v) is 3.96. The van der Waals surface area contributed by atoms with E-state index >= 15 is 0 Å². The highest BCUT2D eigenvalue weighted by Crippen LogP contribution is 2.36. The lowest BCUT2D eigenvalue weighted by atomic mass is 10.1. The van der Waals surface area contributed by atoms with Crippen LogP contribution < -0.4 is 16.0 Å². The van der Waals surface area contributed by atoms with Crippen LogP contribution in [0.5, 0.6) is 5.75 Å². The van der Waals surface area contributed by atoms with E-state index in [0.717, 1.165) is 15.3 Å². The normalized spacial score (nSPS) is 11.2. The molecule has 7 nitrogen and oxygen atoms in total. The molecular weight excluding hydrogens is 416 g/mol. The number of H-pyrrole nitrogens is 1. The monoisotopic (exact) mass is 430 g/mol. The SMILES string of the molecule is COc1cccc(Cl)c1-c1cnc2c(=O)n(-c3cncc4ccccc34)c(=O)[nH]c2c1. The van der Waals surface area contributed by atoms with Gasteiger partial charge in [-0.25, -0.2) is 14.3 Å². The molecule has 0 atom stereocenters. The van der Waals surface area contributed by atoms with E-state index in [4.69, 9.17) is 16.3 Å². The average molecular weight is 431 g/mol. The number of fused-ring (bicyclic) bond motifs is 2. The van der Waals surface area contributed by atoms with Crippen molar-refractivity contribution in [2.45, 2.75) is 0 Å². The zero-order valence-corrected chi connectivity index (χ0v) is 17.1. The van der Waals surface area contributed by atoms with Gasteiger partial charge in [0, 0.05) is 34.3 Å². The number of pyridine rings is 2. The van der Waals surface area contributed by atoms with Crippen LogP contribution in [0.1, 0.15) is 0 Å². The smallest absolute Gasteiger partial charge is 0.333 e. The second-order valence-electron chi connectivity index (χ2n) is 6.89. The fourth-order valence-electron chi connectivity index (χ4n) is 3.69. The number of rotatable bonds is 3.